The van der Waals surface area contributed by atoms with Crippen molar-refractivity contribution in [3.05, 3.63) is 0 Å². The Bertz CT molecular complexity index is 147. The lowest BCUT2D eigenvalue weighted by Gasteiger charge is -2.18. The summed E-state index contributed by atoms with van der Waals surface area (Å²) in [6, 6.07) is 0.359. The van der Waals surface area contributed by atoms with E-state index in [9.17, 15) is 4.79 Å². The SMILES string of the molecule is CCC1NCCNC(=O)C1C. The molecule has 1 heterocycles. The lowest BCUT2D eigenvalue weighted by atomic mass is 9.99. The Balaban J connectivity index is 2.56. The molecule has 0 saturated carbocycles. The van der Waals surface area contributed by atoms with E-state index in [4.69, 9.17) is 0 Å². The van der Waals surface area contributed by atoms with Gasteiger partial charge in [0, 0.05) is 19.1 Å². The summed E-state index contributed by atoms with van der Waals surface area (Å²) in [5.41, 5.74) is 0. The van der Waals surface area contributed by atoms with Gasteiger partial charge in [0.15, 0.2) is 0 Å². The third kappa shape index (κ3) is 1.93. The van der Waals surface area contributed by atoms with E-state index in [-0.39, 0.29) is 11.8 Å². The van der Waals surface area contributed by atoms with Crippen LogP contribution in [0.1, 0.15) is 20.3 Å². The molecule has 2 N–H and O–H groups in total. The first-order valence-electron chi connectivity index (χ1n) is 4.26. The predicted molar refractivity (Wildman–Crippen MR) is 44.3 cm³/mol. The minimum absolute atomic E-state index is 0.113. The van der Waals surface area contributed by atoms with E-state index < -0.39 is 0 Å². The van der Waals surface area contributed by atoms with Gasteiger partial charge in [0.2, 0.25) is 5.91 Å². The van der Waals surface area contributed by atoms with Crippen molar-refractivity contribution in [3.8, 4) is 0 Å². The zero-order valence-electron chi connectivity index (χ0n) is 7.18. The van der Waals surface area contributed by atoms with Gasteiger partial charge in [-0.3, -0.25) is 4.79 Å². The number of rotatable bonds is 1. The van der Waals surface area contributed by atoms with E-state index in [1.165, 1.54) is 0 Å². The largest absolute Gasteiger partial charge is 0.355 e. The summed E-state index contributed by atoms with van der Waals surface area (Å²) in [6.45, 7) is 5.74. The molecule has 1 fully saturated rings. The van der Waals surface area contributed by atoms with Crippen LogP contribution in [0.5, 0.6) is 0 Å². The van der Waals surface area contributed by atoms with Gasteiger partial charge in [-0.2, -0.15) is 0 Å². The van der Waals surface area contributed by atoms with Gasteiger partial charge < -0.3 is 10.6 Å². The van der Waals surface area contributed by atoms with Crippen LogP contribution in [0.2, 0.25) is 0 Å². The molecule has 11 heavy (non-hydrogen) atoms. The van der Waals surface area contributed by atoms with Crippen molar-refractivity contribution in [1.29, 1.82) is 0 Å². The second-order valence-electron chi connectivity index (χ2n) is 3.05. The van der Waals surface area contributed by atoms with Crippen molar-refractivity contribution in [3.63, 3.8) is 0 Å². The summed E-state index contributed by atoms with van der Waals surface area (Å²) >= 11 is 0. The Morgan fingerprint density at radius 2 is 2.27 bits per heavy atom. The second-order valence-corrected chi connectivity index (χ2v) is 3.05. The quantitative estimate of drug-likeness (QED) is 0.566. The predicted octanol–water partition coefficient (Wildman–Crippen LogP) is 0.120. The summed E-state index contributed by atoms with van der Waals surface area (Å²) < 4.78 is 0. The minimum atomic E-state index is 0.113. The van der Waals surface area contributed by atoms with Gasteiger partial charge in [0.05, 0.1) is 5.92 Å². The van der Waals surface area contributed by atoms with Crippen molar-refractivity contribution in [2.45, 2.75) is 26.3 Å². The molecule has 0 bridgehead atoms. The highest BCUT2D eigenvalue weighted by molar-refractivity contribution is 5.79. The van der Waals surface area contributed by atoms with Crippen molar-refractivity contribution in [2.75, 3.05) is 13.1 Å². The molecular weight excluding hydrogens is 140 g/mol. The molecule has 0 radical (unpaired) electrons. The highest BCUT2D eigenvalue weighted by Crippen LogP contribution is 2.08. The third-order valence-corrected chi connectivity index (χ3v) is 2.29. The van der Waals surface area contributed by atoms with E-state index in [0.717, 1.165) is 19.5 Å². The molecule has 3 nitrogen and oxygen atoms in total. The number of carbonyl (C=O) groups is 1. The Hall–Kier alpha value is -0.570. The maximum absolute atomic E-state index is 11.2. The first-order valence-corrected chi connectivity index (χ1v) is 4.26. The summed E-state index contributed by atoms with van der Waals surface area (Å²) in [5, 5.41) is 6.19. The van der Waals surface area contributed by atoms with E-state index in [0.29, 0.717) is 6.04 Å². The molecule has 0 aromatic heterocycles. The lowest BCUT2D eigenvalue weighted by Crippen LogP contribution is -2.37. The molecule has 1 rings (SSSR count). The van der Waals surface area contributed by atoms with Crippen LogP contribution in [0.15, 0.2) is 0 Å². The van der Waals surface area contributed by atoms with Crippen LogP contribution in [-0.4, -0.2) is 25.0 Å². The molecular formula is C8H16N2O. The van der Waals surface area contributed by atoms with Gasteiger partial charge in [-0.15, -0.1) is 0 Å². The van der Waals surface area contributed by atoms with E-state index in [2.05, 4.69) is 17.6 Å². The zero-order valence-corrected chi connectivity index (χ0v) is 7.18. The van der Waals surface area contributed by atoms with E-state index >= 15 is 0 Å². The fraction of sp³-hybridized carbons (Fsp3) is 0.875. The Kier molecular flexibility index (Phi) is 2.88. The van der Waals surface area contributed by atoms with Gasteiger partial charge in [0.1, 0.15) is 0 Å². The summed E-state index contributed by atoms with van der Waals surface area (Å²) in [6.07, 6.45) is 1.02. The van der Waals surface area contributed by atoms with Crippen LogP contribution in [0.3, 0.4) is 0 Å². The van der Waals surface area contributed by atoms with Crippen molar-refractivity contribution in [2.24, 2.45) is 5.92 Å². The minimum Gasteiger partial charge on any atom is -0.355 e. The smallest absolute Gasteiger partial charge is 0.224 e. The second kappa shape index (κ2) is 3.72. The maximum Gasteiger partial charge on any atom is 0.224 e. The Morgan fingerprint density at radius 3 is 2.91 bits per heavy atom. The topological polar surface area (TPSA) is 41.1 Å². The summed E-state index contributed by atoms with van der Waals surface area (Å²) in [4.78, 5) is 11.2. The van der Waals surface area contributed by atoms with Gasteiger partial charge in [-0.1, -0.05) is 13.8 Å². The lowest BCUT2D eigenvalue weighted by molar-refractivity contribution is -0.124. The molecule has 1 amide bonds. The highest BCUT2D eigenvalue weighted by atomic mass is 16.1. The number of amides is 1. The average molecular weight is 156 g/mol. The molecule has 2 unspecified atom stereocenters. The molecule has 0 aromatic carbocycles. The number of carbonyl (C=O) groups excluding carboxylic acids is 1. The Labute approximate surface area is 67.5 Å². The number of hydrogen-bond acceptors (Lipinski definition) is 2. The van der Waals surface area contributed by atoms with Gasteiger partial charge in [-0.05, 0) is 6.42 Å². The van der Waals surface area contributed by atoms with Crippen LogP contribution < -0.4 is 10.6 Å². The molecule has 64 valence electrons. The van der Waals surface area contributed by atoms with Crippen molar-refractivity contribution < 1.29 is 4.79 Å². The van der Waals surface area contributed by atoms with Crippen LogP contribution in [0.25, 0.3) is 0 Å². The summed E-state index contributed by atoms with van der Waals surface area (Å²) in [7, 11) is 0. The molecule has 1 saturated heterocycles. The van der Waals surface area contributed by atoms with E-state index in [1.807, 2.05) is 6.92 Å². The fourth-order valence-corrected chi connectivity index (χ4v) is 1.46. The molecule has 3 heteroatoms. The van der Waals surface area contributed by atoms with Crippen LogP contribution in [0, 0.1) is 5.92 Å². The molecule has 1 aliphatic rings. The molecule has 0 aliphatic carbocycles. The molecule has 2 atom stereocenters. The highest BCUT2D eigenvalue weighted by Gasteiger charge is 2.23. The standard InChI is InChI=1S/C8H16N2O/c1-3-7-6(2)8(11)10-5-4-9-7/h6-7,9H,3-5H2,1-2H3,(H,10,11). The van der Waals surface area contributed by atoms with Crippen LogP contribution >= 0.6 is 0 Å². The number of nitrogens with one attached hydrogen (secondary N) is 2. The number of hydrogen-bond donors (Lipinski definition) is 2. The fourth-order valence-electron chi connectivity index (χ4n) is 1.46. The molecule has 1 aliphatic heterocycles. The van der Waals surface area contributed by atoms with Gasteiger partial charge in [-0.25, -0.2) is 0 Å². The first kappa shape index (κ1) is 8.53. The summed E-state index contributed by atoms with van der Waals surface area (Å²) in [5.74, 6) is 0.296. The Morgan fingerprint density at radius 1 is 1.55 bits per heavy atom. The van der Waals surface area contributed by atoms with Gasteiger partial charge in [0.25, 0.3) is 0 Å². The van der Waals surface area contributed by atoms with Crippen molar-refractivity contribution >= 4 is 5.91 Å². The normalized spacial score (nSPS) is 32.7. The van der Waals surface area contributed by atoms with Crippen LogP contribution in [-0.2, 0) is 4.79 Å². The first-order chi connectivity index (χ1) is 5.25. The monoisotopic (exact) mass is 156 g/mol. The van der Waals surface area contributed by atoms with E-state index in [1.54, 1.807) is 0 Å². The van der Waals surface area contributed by atoms with Crippen LogP contribution in [0.4, 0.5) is 0 Å². The molecule has 0 aromatic rings. The molecule has 0 spiro atoms. The zero-order chi connectivity index (χ0) is 8.27. The average Bonchev–Trinajstić information content (AvgIpc) is 2.16. The maximum atomic E-state index is 11.2. The third-order valence-electron chi connectivity index (χ3n) is 2.29. The van der Waals surface area contributed by atoms with Crippen molar-refractivity contribution in [1.82, 2.24) is 10.6 Å². The van der Waals surface area contributed by atoms with Gasteiger partial charge >= 0.3 is 0 Å².